The fourth-order valence-corrected chi connectivity index (χ4v) is 6.59. The van der Waals surface area contributed by atoms with Crippen molar-refractivity contribution in [3.05, 3.63) is 58.5 Å². The Morgan fingerprint density at radius 1 is 0.975 bits per heavy atom. The van der Waals surface area contributed by atoms with Crippen molar-refractivity contribution in [2.75, 3.05) is 29.5 Å². The zero-order valence-corrected chi connectivity index (χ0v) is 24.4. The maximum Gasteiger partial charge on any atom is 0.328 e. The van der Waals surface area contributed by atoms with Crippen LogP contribution in [0.2, 0.25) is 0 Å². The SMILES string of the molecule is Cn1cc(-c2cc3nc(C(C)(C)C)n(-c4cc(N5CCSCC5)c5c(c4)n(C)c(=O)n5C)c3cc2C(F)F)cn1. The number of thioether (sulfide) groups is 1. The van der Waals surface area contributed by atoms with Crippen molar-refractivity contribution in [3.8, 4) is 16.8 Å². The Bertz CT molecular complexity index is 1820. The lowest BCUT2D eigenvalue weighted by Crippen LogP contribution is -2.33. The average Bonchev–Trinajstić information content (AvgIpc) is 3.59. The lowest BCUT2D eigenvalue weighted by atomic mass is 9.95. The summed E-state index contributed by atoms with van der Waals surface area (Å²) < 4.78 is 36.0. The van der Waals surface area contributed by atoms with Gasteiger partial charge in [0.15, 0.2) is 0 Å². The summed E-state index contributed by atoms with van der Waals surface area (Å²) in [5.74, 6) is 2.76. The highest BCUT2D eigenvalue weighted by Crippen LogP contribution is 2.39. The van der Waals surface area contributed by atoms with E-state index >= 15 is 0 Å². The highest BCUT2D eigenvalue weighted by molar-refractivity contribution is 7.99. The molecule has 4 heterocycles. The maximum absolute atomic E-state index is 14.5. The molecular formula is C29H33F2N7OS. The number of hydrogen-bond donors (Lipinski definition) is 0. The fraction of sp³-hybridized carbons (Fsp3) is 0.414. The van der Waals surface area contributed by atoms with E-state index in [0.717, 1.165) is 52.8 Å². The minimum Gasteiger partial charge on any atom is -0.368 e. The molecule has 3 aromatic heterocycles. The highest BCUT2D eigenvalue weighted by Gasteiger charge is 2.28. The van der Waals surface area contributed by atoms with Crippen LogP contribution in [0.5, 0.6) is 0 Å². The van der Waals surface area contributed by atoms with E-state index in [2.05, 4.69) is 36.8 Å². The lowest BCUT2D eigenvalue weighted by Gasteiger charge is -2.30. The summed E-state index contributed by atoms with van der Waals surface area (Å²) in [5, 5.41) is 4.19. The Morgan fingerprint density at radius 2 is 1.70 bits per heavy atom. The summed E-state index contributed by atoms with van der Waals surface area (Å²) >= 11 is 1.92. The van der Waals surface area contributed by atoms with Gasteiger partial charge in [-0.25, -0.2) is 18.6 Å². The van der Waals surface area contributed by atoms with Crippen LogP contribution < -0.4 is 10.6 Å². The van der Waals surface area contributed by atoms with Gasteiger partial charge in [-0.15, -0.1) is 0 Å². The summed E-state index contributed by atoms with van der Waals surface area (Å²) in [6, 6.07) is 7.38. The van der Waals surface area contributed by atoms with Crippen molar-refractivity contribution in [3.63, 3.8) is 0 Å². The highest BCUT2D eigenvalue weighted by atomic mass is 32.2. The number of alkyl halides is 2. The lowest BCUT2D eigenvalue weighted by molar-refractivity contribution is 0.152. The number of benzene rings is 2. The molecule has 11 heteroatoms. The van der Waals surface area contributed by atoms with Crippen LogP contribution in [0, 0.1) is 0 Å². The van der Waals surface area contributed by atoms with Crippen LogP contribution in [0.3, 0.4) is 0 Å². The normalized spacial score (nSPS) is 14.8. The van der Waals surface area contributed by atoms with Crippen LogP contribution in [-0.4, -0.2) is 53.1 Å². The second-order valence-corrected chi connectivity index (χ2v) is 12.7. The maximum atomic E-state index is 14.5. The third-order valence-corrected chi connectivity index (χ3v) is 8.63. The average molecular weight is 566 g/mol. The molecule has 1 saturated heterocycles. The number of hydrogen-bond acceptors (Lipinski definition) is 5. The van der Waals surface area contributed by atoms with Crippen molar-refractivity contribution in [1.29, 1.82) is 0 Å². The molecule has 1 aliphatic rings. The van der Waals surface area contributed by atoms with Gasteiger partial charge in [-0.2, -0.15) is 16.9 Å². The van der Waals surface area contributed by atoms with Gasteiger partial charge in [-0.3, -0.25) is 18.4 Å². The number of aromatic nitrogens is 6. The third-order valence-electron chi connectivity index (χ3n) is 7.68. The summed E-state index contributed by atoms with van der Waals surface area (Å²) in [6.07, 6.45) is 0.656. The Morgan fingerprint density at radius 3 is 2.33 bits per heavy atom. The topological polar surface area (TPSA) is 65.8 Å². The number of rotatable bonds is 4. The predicted molar refractivity (Wildman–Crippen MR) is 158 cm³/mol. The molecule has 0 spiro atoms. The standard InChI is InChI=1S/C29H33F2N7OS/c1-29(2,3)27-33-21-13-19(17-15-32-34(4)16-17)20(26(30)31)14-22(21)38(27)18-11-23-25(36(6)28(39)35(23)5)24(12-18)37-7-9-40-10-8-37/h11-16,26H,7-10H2,1-6H3. The first kappa shape index (κ1) is 26.6. The van der Waals surface area contributed by atoms with Crippen LogP contribution in [-0.2, 0) is 26.6 Å². The Kier molecular flexibility index (Phi) is 6.32. The van der Waals surface area contributed by atoms with Gasteiger partial charge in [0.2, 0.25) is 0 Å². The van der Waals surface area contributed by atoms with Crippen LogP contribution in [0.4, 0.5) is 14.5 Å². The van der Waals surface area contributed by atoms with E-state index in [4.69, 9.17) is 4.98 Å². The molecule has 2 aromatic carbocycles. The number of anilines is 1. The second kappa shape index (κ2) is 9.50. The van der Waals surface area contributed by atoms with E-state index < -0.39 is 11.8 Å². The van der Waals surface area contributed by atoms with Gasteiger partial charge in [0, 0.05) is 68.5 Å². The number of halogens is 2. The van der Waals surface area contributed by atoms with Gasteiger partial charge in [-0.1, -0.05) is 20.8 Å². The molecule has 0 bridgehead atoms. The smallest absolute Gasteiger partial charge is 0.328 e. The molecule has 1 fully saturated rings. The molecule has 8 nitrogen and oxygen atoms in total. The van der Waals surface area contributed by atoms with Crippen molar-refractivity contribution >= 4 is 39.5 Å². The van der Waals surface area contributed by atoms with Crippen molar-refractivity contribution < 1.29 is 8.78 Å². The van der Waals surface area contributed by atoms with Gasteiger partial charge in [0.1, 0.15) is 5.82 Å². The molecule has 0 saturated carbocycles. The summed E-state index contributed by atoms with van der Waals surface area (Å²) in [4.78, 5) is 20.4. The van der Waals surface area contributed by atoms with Gasteiger partial charge < -0.3 is 4.90 Å². The van der Waals surface area contributed by atoms with Crippen molar-refractivity contribution in [2.45, 2.75) is 32.6 Å². The molecule has 0 atom stereocenters. The predicted octanol–water partition coefficient (Wildman–Crippen LogP) is 5.40. The number of aryl methyl sites for hydroxylation is 3. The molecule has 5 aromatic rings. The van der Waals surface area contributed by atoms with Crippen LogP contribution >= 0.6 is 11.8 Å². The van der Waals surface area contributed by atoms with Gasteiger partial charge >= 0.3 is 5.69 Å². The first-order valence-corrected chi connectivity index (χ1v) is 14.5. The van der Waals surface area contributed by atoms with E-state index in [-0.39, 0.29) is 11.3 Å². The van der Waals surface area contributed by atoms with Gasteiger partial charge in [0.25, 0.3) is 6.43 Å². The van der Waals surface area contributed by atoms with E-state index in [1.165, 1.54) is 0 Å². The zero-order chi connectivity index (χ0) is 28.5. The minimum absolute atomic E-state index is 0.0661. The number of imidazole rings is 2. The van der Waals surface area contributed by atoms with Gasteiger partial charge in [-0.05, 0) is 29.8 Å². The second-order valence-electron chi connectivity index (χ2n) is 11.5. The zero-order valence-electron chi connectivity index (χ0n) is 23.6. The molecule has 210 valence electrons. The van der Waals surface area contributed by atoms with Crippen LogP contribution in [0.25, 0.3) is 38.9 Å². The van der Waals surface area contributed by atoms with E-state index in [9.17, 15) is 13.6 Å². The Balaban J connectivity index is 1.69. The van der Waals surface area contributed by atoms with Crippen molar-refractivity contribution in [1.82, 2.24) is 28.5 Å². The first-order chi connectivity index (χ1) is 19.0. The van der Waals surface area contributed by atoms with E-state index in [1.54, 1.807) is 59.5 Å². The van der Waals surface area contributed by atoms with E-state index in [0.29, 0.717) is 22.2 Å². The largest absolute Gasteiger partial charge is 0.368 e. The molecule has 0 radical (unpaired) electrons. The first-order valence-electron chi connectivity index (χ1n) is 13.3. The Labute approximate surface area is 235 Å². The van der Waals surface area contributed by atoms with E-state index in [1.807, 2.05) is 22.4 Å². The van der Waals surface area contributed by atoms with Crippen LogP contribution in [0.1, 0.15) is 38.6 Å². The molecule has 0 amide bonds. The summed E-state index contributed by atoms with van der Waals surface area (Å²) in [7, 11) is 5.34. The number of nitrogens with zero attached hydrogens (tertiary/aromatic N) is 7. The van der Waals surface area contributed by atoms with Crippen molar-refractivity contribution in [2.24, 2.45) is 21.1 Å². The van der Waals surface area contributed by atoms with Gasteiger partial charge in [0.05, 0.1) is 39.6 Å². The molecule has 0 unspecified atom stereocenters. The summed E-state index contributed by atoms with van der Waals surface area (Å²) in [5.41, 5.74) is 5.15. The molecule has 6 rings (SSSR count). The minimum atomic E-state index is -2.68. The monoisotopic (exact) mass is 565 g/mol. The Hall–Kier alpha value is -3.60. The van der Waals surface area contributed by atoms with Crippen LogP contribution in [0.15, 0.2) is 41.5 Å². The molecule has 1 aliphatic heterocycles. The molecular weight excluding hydrogens is 532 g/mol. The fourth-order valence-electron chi connectivity index (χ4n) is 5.68. The molecule has 0 aliphatic carbocycles. The molecule has 40 heavy (non-hydrogen) atoms. The third kappa shape index (κ3) is 4.22. The quantitative estimate of drug-likeness (QED) is 0.292. The molecule has 0 N–H and O–H groups in total. The number of fused-ring (bicyclic) bond motifs is 2. The summed E-state index contributed by atoms with van der Waals surface area (Å²) in [6.45, 7) is 7.95.